The highest BCUT2D eigenvalue weighted by molar-refractivity contribution is 5.94. The number of nitrogens with one attached hydrogen (secondary N) is 1. The molecule has 0 radical (unpaired) electrons. The molecule has 1 heterocycles. The van der Waals surface area contributed by atoms with Crippen LogP contribution in [0.1, 0.15) is 63.9 Å². The molecule has 2 atom stereocenters. The first-order chi connectivity index (χ1) is 15.0. The predicted molar refractivity (Wildman–Crippen MR) is 116 cm³/mol. The molecule has 2 aliphatic rings. The first kappa shape index (κ1) is 23.3. The molecule has 1 N–H and O–H groups in total. The maximum Gasteiger partial charge on any atom is 0.516 e. The van der Waals surface area contributed by atoms with Crippen LogP contribution < -0.4 is 5.32 Å². The molecule has 0 aromatic heterocycles. The number of rotatable bonds is 6. The summed E-state index contributed by atoms with van der Waals surface area (Å²) in [4.78, 5) is 40.7. The lowest BCUT2D eigenvalue weighted by Gasteiger charge is -2.42. The van der Waals surface area contributed by atoms with E-state index in [-0.39, 0.29) is 18.4 Å². The van der Waals surface area contributed by atoms with E-state index in [9.17, 15) is 14.4 Å². The van der Waals surface area contributed by atoms with E-state index in [1.54, 1.807) is 18.9 Å². The van der Waals surface area contributed by atoms with Gasteiger partial charge in [-0.05, 0) is 51.1 Å². The number of likely N-dealkylation sites (N-methyl/N-ethyl adjacent to an activating group) is 1. The number of carbonyl (C=O) groups is 3. The Labute approximate surface area is 184 Å². The molecule has 1 saturated heterocycles. The zero-order chi connectivity index (χ0) is 22.3. The van der Waals surface area contributed by atoms with Gasteiger partial charge in [-0.25, -0.2) is 9.59 Å². The highest BCUT2D eigenvalue weighted by Crippen LogP contribution is 2.44. The summed E-state index contributed by atoms with van der Waals surface area (Å²) in [6.07, 6.45) is 6.21. The minimum atomic E-state index is -1.10. The second-order valence-corrected chi connectivity index (χ2v) is 8.63. The van der Waals surface area contributed by atoms with E-state index in [2.05, 4.69) is 5.32 Å². The summed E-state index contributed by atoms with van der Waals surface area (Å²) in [6.45, 7) is 2.32. The van der Waals surface area contributed by atoms with Crippen molar-refractivity contribution in [2.45, 2.75) is 76.5 Å². The fourth-order valence-electron chi connectivity index (χ4n) is 4.98. The van der Waals surface area contributed by atoms with E-state index in [1.807, 2.05) is 30.3 Å². The fraction of sp³-hybridized carbons (Fsp3) is 0.625. The molecule has 31 heavy (non-hydrogen) atoms. The quantitative estimate of drug-likeness (QED) is 0.420. The number of ether oxygens (including phenoxy) is 2. The molecule has 7 nitrogen and oxygen atoms in total. The van der Waals surface area contributed by atoms with Gasteiger partial charge < -0.3 is 19.7 Å². The Balaban J connectivity index is 1.79. The Morgan fingerprint density at radius 1 is 1.10 bits per heavy atom. The molecule has 1 aromatic carbocycles. The van der Waals surface area contributed by atoms with Crippen LogP contribution in [0.2, 0.25) is 0 Å². The first-order valence-corrected chi connectivity index (χ1v) is 11.4. The number of hydrogen-bond acceptors (Lipinski definition) is 6. The number of amides is 1. The molecule has 2 fully saturated rings. The van der Waals surface area contributed by atoms with Gasteiger partial charge in [0.1, 0.15) is 12.1 Å². The maximum absolute atomic E-state index is 13.5. The summed E-state index contributed by atoms with van der Waals surface area (Å²) >= 11 is 0. The summed E-state index contributed by atoms with van der Waals surface area (Å²) in [5.74, 6) is -0.787. The first-order valence-electron chi connectivity index (χ1n) is 11.4. The highest BCUT2D eigenvalue weighted by Gasteiger charge is 2.56. The Kier molecular flexibility index (Phi) is 8.07. The van der Waals surface area contributed by atoms with Crippen molar-refractivity contribution in [2.24, 2.45) is 5.92 Å². The van der Waals surface area contributed by atoms with Crippen LogP contribution >= 0.6 is 0 Å². The number of carbonyl (C=O) groups excluding carboxylic acids is 3. The number of nitrogens with zero attached hydrogens (tertiary/aromatic N) is 1. The molecule has 7 heteroatoms. The van der Waals surface area contributed by atoms with Crippen LogP contribution in [0.4, 0.5) is 4.79 Å². The zero-order valence-corrected chi connectivity index (χ0v) is 18.6. The second kappa shape index (κ2) is 10.8. The van der Waals surface area contributed by atoms with E-state index >= 15 is 0 Å². The van der Waals surface area contributed by atoms with Crippen LogP contribution in [0, 0.1) is 5.92 Å². The van der Waals surface area contributed by atoms with Crippen LogP contribution in [0.15, 0.2) is 30.3 Å². The van der Waals surface area contributed by atoms with Gasteiger partial charge >= 0.3 is 12.1 Å². The summed E-state index contributed by atoms with van der Waals surface area (Å²) in [5.41, 5.74) is -0.288. The average Bonchev–Trinajstić information content (AvgIpc) is 3.06. The third kappa shape index (κ3) is 5.26. The van der Waals surface area contributed by atoms with Crippen molar-refractivity contribution < 1.29 is 23.9 Å². The lowest BCUT2D eigenvalue weighted by atomic mass is 9.76. The van der Waals surface area contributed by atoms with Crippen molar-refractivity contribution in [3.63, 3.8) is 0 Å². The molecule has 3 rings (SSSR count). The minimum Gasteiger partial charge on any atom is -0.429 e. The van der Waals surface area contributed by atoms with Gasteiger partial charge in [0, 0.05) is 6.54 Å². The Bertz CT molecular complexity index is 760. The number of likely N-dealkylation sites (tertiary alicyclic amines) is 1. The van der Waals surface area contributed by atoms with Gasteiger partial charge in [-0.1, -0.05) is 56.0 Å². The smallest absolute Gasteiger partial charge is 0.429 e. The van der Waals surface area contributed by atoms with Crippen molar-refractivity contribution in [3.05, 3.63) is 35.9 Å². The van der Waals surface area contributed by atoms with Crippen molar-refractivity contribution in [1.29, 1.82) is 0 Å². The molecule has 1 aliphatic heterocycles. The number of hydrogen-bond donors (Lipinski definition) is 1. The van der Waals surface area contributed by atoms with E-state index < -0.39 is 23.7 Å². The molecule has 0 bridgehead atoms. The Morgan fingerprint density at radius 2 is 1.77 bits per heavy atom. The molecular formula is C24H34N2O5. The lowest BCUT2D eigenvalue weighted by Crippen LogP contribution is -2.61. The summed E-state index contributed by atoms with van der Waals surface area (Å²) in [5, 5.41) is 2.98. The number of benzene rings is 1. The van der Waals surface area contributed by atoms with E-state index in [0.717, 1.165) is 44.1 Å². The molecule has 1 aromatic rings. The van der Waals surface area contributed by atoms with Gasteiger partial charge in [0.25, 0.3) is 0 Å². The van der Waals surface area contributed by atoms with Gasteiger partial charge in [-0.15, -0.1) is 0 Å². The molecule has 0 spiro atoms. The largest absolute Gasteiger partial charge is 0.516 e. The van der Waals surface area contributed by atoms with Crippen molar-refractivity contribution in [1.82, 2.24) is 10.2 Å². The topological polar surface area (TPSA) is 84.9 Å². The van der Waals surface area contributed by atoms with Crippen LogP contribution in [0.3, 0.4) is 0 Å². The minimum absolute atomic E-state index is 0.0140. The van der Waals surface area contributed by atoms with Crippen molar-refractivity contribution in [2.75, 3.05) is 13.6 Å². The monoisotopic (exact) mass is 430 g/mol. The molecule has 1 amide bonds. The van der Waals surface area contributed by atoms with E-state index in [0.29, 0.717) is 19.4 Å². The van der Waals surface area contributed by atoms with Gasteiger partial charge in [0.05, 0.1) is 6.04 Å². The van der Waals surface area contributed by atoms with Gasteiger partial charge in [-0.3, -0.25) is 4.79 Å². The molecule has 1 saturated carbocycles. The van der Waals surface area contributed by atoms with Gasteiger partial charge in [0.2, 0.25) is 5.91 Å². The van der Waals surface area contributed by atoms with Crippen LogP contribution in [-0.2, 0) is 25.7 Å². The molecule has 1 aliphatic carbocycles. The third-order valence-corrected chi connectivity index (χ3v) is 6.75. The summed E-state index contributed by atoms with van der Waals surface area (Å²) in [6, 6.07) is 8.82. The van der Waals surface area contributed by atoms with Crippen LogP contribution in [0.5, 0.6) is 0 Å². The van der Waals surface area contributed by atoms with Crippen molar-refractivity contribution in [3.8, 4) is 0 Å². The SMILES string of the molecule is CN[C@@H](C)C(=O)N1CCC[C@]1(C(=O)OC(=O)OCc1ccccc1)C1CCCCCC1. The van der Waals surface area contributed by atoms with Crippen LogP contribution in [0.25, 0.3) is 0 Å². The normalized spacial score (nSPS) is 23.1. The predicted octanol–water partition coefficient (Wildman–Crippen LogP) is 3.81. The summed E-state index contributed by atoms with van der Waals surface area (Å²) < 4.78 is 10.4. The van der Waals surface area contributed by atoms with E-state index in [4.69, 9.17) is 9.47 Å². The molecular weight excluding hydrogens is 396 g/mol. The van der Waals surface area contributed by atoms with Gasteiger partial charge in [0.15, 0.2) is 0 Å². The average molecular weight is 431 g/mol. The lowest BCUT2D eigenvalue weighted by molar-refractivity contribution is -0.164. The third-order valence-electron chi connectivity index (χ3n) is 6.75. The standard InChI is InChI=1S/C24H34N2O5/c1-18(25-2)21(27)26-16-10-15-24(26,20-13-8-3-4-9-14-20)22(28)31-23(29)30-17-19-11-6-5-7-12-19/h5-7,11-12,18,20,25H,3-4,8-10,13-17H2,1-2H3/t18-,24+/m0/s1. The Morgan fingerprint density at radius 3 is 2.42 bits per heavy atom. The van der Waals surface area contributed by atoms with Crippen molar-refractivity contribution >= 4 is 18.0 Å². The second-order valence-electron chi connectivity index (χ2n) is 8.63. The highest BCUT2D eigenvalue weighted by atomic mass is 16.7. The Hall–Kier alpha value is -2.41. The maximum atomic E-state index is 13.5. The van der Waals surface area contributed by atoms with E-state index in [1.165, 1.54) is 0 Å². The number of esters is 1. The zero-order valence-electron chi connectivity index (χ0n) is 18.6. The molecule has 170 valence electrons. The van der Waals surface area contributed by atoms with Crippen LogP contribution in [-0.4, -0.2) is 48.1 Å². The van der Waals surface area contributed by atoms with Gasteiger partial charge in [-0.2, -0.15) is 0 Å². The molecule has 0 unspecified atom stereocenters. The fourth-order valence-corrected chi connectivity index (χ4v) is 4.98. The summed E-state index contributed by atoms with van der Waals surface area (Å²) in [7, 11) is 1.73.